The lowest BCUT2D eigenvalue weighted by molar-refractivity contribution is -0.111. The number of aryl methyl sites for hydroxylation is 1. The SMILES string of the molecule is CC1=C/C(=C(\c2cccc(S(=O)(=O)O)c2)c2cc(C)c(O)c(Br)c2)C=C(Br)C1=O. The van der Waals surface area contributed by atoms with E-state index < -0.39 is 10.1 Å². The molecule has 2 aromatic rings. The molecular weight excluding hydrogens is 524 g/mol. The van der Waals surface area contributed by atoms with Crippen LogP contribution in [-0.4, -0.2) is 23.9 Å². The number of phenolic OH excluding ortho intramolecular Hbond substituents is 1. The fraction of sp³-hybridized carbons (Fsp3) is 0.0952. The maximum absolute atomic E-state index is 12.1. The van der Waals surface area contributed by atoms with Crippen LogP contribution in [0, 0.1) is 6.92 Å². The summed E-state index contributed by atoms with van der Waals surface area (Å²) in [5.41, 5.74) is 3.69. The second-order valence-corrected chi connectivity index (χ2v) is 9.74. The van der Waals surface area contributed by atoms with Gasteiger partial charge in [0, 0.05) is 0 Å². The summed E-state index contributed by atoms with van der Waals surface area (Å²) >= 11 is 6.62. The zero-order valence-corrected chi connectivity index (χ0v) is 19.4. The number of rotatable bonds is 3. The molecule has 0 bridgehead atoms. The number of hydrogen-bond donors (Lipinski definition) is 2. The van der Waals surface area contributed by atoms with Gasteiger partial charge in [-0.1, -0.05) is 12.1 Å². The third-order valence-corrected chi connectivity index (χ3v) is 6.52. The number of allylic oxidation sites excluding steroid dienone is 5. The number of aromatic hydroxyl groups is 1. The van der Waals surface area contributed by atoms with Crippen molar-refractivity contribution >= 4 is 53.3 Å². The van der Waals surface area contributed by atoms with Gasteiger partial charge in [0.25, 0.3) is 10.1 Å². The number of carbonyl (C=O) groups excluding carboxylic acids is 1. The highest BCUT2D eigenvalue weighted by Gasteiger charge is 2.21. The first kappa shape index (κ1) is 21.7. The number of phenols is 1. The van der Waals surface area contributed by atoms with Crippen LogP contribution >= 0.6 is 31.9 Å². The van der Waals surface area contributed by atoms with Crippen molar-refractivity contribution in [2.75, 3.05) is 0 Å². The molecule has 0 amide bonds. The highest BCUT2D eigenvalue weighted by atomic mass is 79.9. The van der Waals surface area contributed by atoms with E-state index in [1.807, 2.05) is 0 Å². The summed E-state index contributed by atoms with van der Waals surface area (Å²) in [5.74, 6) is -0.0325. The first-order valence-electron chi connectivity index (χ1n) is 8.41. The lowest BCUT2D eigenvalue weighted by Gasteiger charge is -2.18. The van der Waals surface area contributed by atoms with Crippen LogP contribution in [0.15, 0.2) is 73.5 Å². The number of Topliss-reactive ketones (excluding diaryl/α,β-unsaturated/α-hetero) is 1. The third-order valence-electron chi connectivity index (χ3n) is 4.48. The molecule has 1 aliphatic carbocycles. The number of ketones is 1. The van der Waals surface area contributed by atoms with Gasteiger partial charge in [0.05, 0.1) is 13.9 Å². The van der Waals surface area contributed by atoms with Crippen LogP contribution in [0.25, 0.3) is 5.57 Å². The summed E-state index contributed by atoms with van der Waals surface area (Å²) < 4.78 is 33.6. The largest absolute Gasteiger partial charge is 0.506 e. The quantitative estimate of drug-likeness (QED) is 0.515. The molecule has 0 heterocycles. The molecule has 0 unspecified atom stereocenters. The smallest absolute Gasteiger partial charge is 0.294 e. The van der Waals surface area contributed by atoms with Crippen molar-refractivity contribution in [2.45, 2.75) is 18.7 Å². The predicted octanol–water partition coefficient (Wildman–Crippen LogP) is 5.32. The minimum absolute atomic E-state index is 0.104. The zero-order valence-electron chi connectivity index (χ0n) is 15.4. The molecule has 0 atom stereocenters. The van der Waals surface area contributed by atoms with Gasteiger partial charge in [-0.3, -0.25) is 9.35 Å². The lowest BCUT2D eigenvalue weighted by atomic mass is 9.88. The van der Waals surface area contributed by atoms with Gasteiger partial charge in [0.1, 0.15) is 5.75 Å². The molecule has 0 saturated carbocycles. The van der Waals surface area contributed by atoms with Gasteiger partial charge in [0.2, 0.25) is 0 Å². The van der Waals surface area contributed by atoms with Crippen LogP contribution in [0.1, 0.15) is 23.6 Å². The molecule has 8 heteroatoms. The Bertz CT molecular complexity index is 1190. The Kier molecular flexibility index (Phi) is 6.01. The van der Waals surface area contributed by atoms with Gasteiger partial charge < -0.3 is 5.11 Å². The van der Waals surface area contributed by atoms with Crippen LogP contribution in [0.4, 0.5) is 0 Å². The van der Waals surface area contributed by atoms with Gasteiger partial charge in [-0.25, -0.2) is 0 Å². The second-order valence-electron chi connectivity index (χ2n) is 6.61. The average molecular weight is 540 g/mol. The molecule has 0 fully saturated rings. The molecule has 0 radical (unpaired) electrons. The van der Waals surface area contributed by atoms with Crippen molar-refractivity contribution in [2.24, 2.45) is 0 Å². The Morgan fingerprint density at radius 2 is 1.69 bits per heavy atom. The highest BCUT2D eigenvalue weighted by molar-refractivity contribution is 9.12. The summed E-state index contributed by atoms with van der Waals surface area (Å²) in [6.45, 7) is 3.44. The van der Waals surface area contributed by atoms with Crippen LogP contribution in [0.5, 0.6) is 5.75 Å². The Morgan fingerprint density at radius 1 is 1.00 bits per heavy atom. The summed E-state index contributed by atoms with van der Waals surface area (Å²) in [7, 11) is -4.39. The fourth-order valence-electron chi connectivity index (χ4n) is 3.07. The minimum atomic E-state index is -4.39. The van der Waals surface area contributed by atoms with Crippen LogP contribution in [-0.2, 0) is 14.9 Å². The van der Waals surface area contributed by atoms with Crippen molar-refractivity contribution in [3.63, 3.8) is 0 Å². The van der Waals surface area contributed by atoms with E-state index in [1.165, 1.54) is 18.2 Å². The summed E-state index contributed by atoms with van der Waals surface area (Å²) in [6, 6.07) is 9.40. The fourth-order valence-corrected chi connectivity index (χ4v) is 4.71. The average Bonchev–Trinajstić information content (AvgIpc) is 2.64. The molecule has 0 aromatic heterocycles. The van der Waals surface area contributed by atoms with Gasteiger partial charge in [-0.05, 0) is 116 Å². The molecule has 150 valence electrons. The van der Waals surface area contributed by atoms with Crippen molar-refractivity contribution in [1.82, 2.24) is 0 Å². The number of halogens is 2. The second kappa shape index (κ2) is 8.02. The van der Waals surface area contributed by atoms with Crippen molar-refractivity contribution in [3.8, 4) is 5.75 Å². The molecular formula is C21H16Br2O5S. The van der Waals surface area contributed by atoms with E-state index >= 15 is 0 Å². The predicted molar refractivity (Wildman–Crippen MR) is 119 cm³/mol. The summed E-state index contributed by atoms with van der Waals surface area (Å²) in [5, 5.41) is 10.1. The molecule has 0 aliphatic heterocycles. The Balaban J connectivity index is 2.39. The van der Waals surface area contributed by atoms with Gasteiger partial charge in [0.15, 0.2) is 5.78 Å². The van der Waals surface area contributed by atoms with Crippen molar-refractivity contribution in [1.29, 1.82) is 0 Å². The molecule has 0 saturated heterocycles. The normalized spacial score (nSPS) is 16.4. The standard InChI is InChI=1S/C21H16Br2O5S/c1-11-6-14(9-17(22)20(11)24)19(15-7-12(2)21(25)18(23)10-15)13-4-3-5-16(8-13)29(26,27)28/h3-10,24H,1-2H3,(H,26,27,28)/b19-15-. The first-order valence-corrected chi connectivity index (χ1v) is 11.4. The first-order chi connectivity index (χ1) is 13.5. The van der Waals surface area contributed by atoms with E-state index in [2.05, 4.69) is 31.9 Å². The van der Waals surface area contributed by atoms with E-state index in [-0.39, 0.29) is 16.4 Å². The molecule has 5 nitrogen and oxygen atoms in total. The number of benzene rings is 2. The molecule has 29 heavy (non-hydrogen) atoms. The third kappa shape index (κ3) is 4.45. The molecule has 1 aliphatic rings. The van der Waals surface area contributed by atoms with E-state index in [0.717, 1.165) is 0 Å². The maximum Gasteiger partial charge on any atom is 0.294 e. The summed E-state index contributed by atoms with van der Waals surface area (Å²) in [4.78, 5) is 11.9. The van der Waals surface area contributed by atoms with Crippen molar-refractivity contribution < 1.29 is 22.9 Å². The summed E-state index contributed by atoms with van der Waals surface area (Å²) in [6.07, 6.45) is 3.39. The van der Waals surface area contributed by atoms with Crippen LogP contribution in [0.3, 0.4) is 0 Å². The molecule has 3 rings (SSSR count). The van der Waals surface area contributed by atoms with Gasteiger partial charge in [-0.2, -0.15) is 8.42 Å². The van der Waals surface area contributed by atoms with Crippen LogP contribution < -0.4 is 0 Å². The monoisotopic (exact) mass is 538 g/mol. The molecule has 2 aromatic carbocycles. The lowest BCUT2D eigenvalue weighted by Crippen LogP contribution is -2.06. The zero-order chi connectivity index (χ0) is 21.5. The maximum atomic E-state index is 12.1. The minimum Gasteiger partial charge on any atom is -0.506 e. The van der Waals surface area contributed by atoms with E-state index in [4.69, 9.17) is 0 Å². The Morgan fingerprint density at radius 3 is 2.28 bits per heavy atom. The van der Waals surface area contributed by atoms with E-state index in [1.54, 1.807) is 44.2 Å². The Labute approximate surface area is 185 Å². The van der Waals surface area contributed by atoms with Crippen LogP contribution in [0.2, 0.25) is 0 Å². The highest BCUT2D eigenvalue weighted by Crippen LogP contribution is 2.38. The van der Waals surface area contributed by atoms with Crippen molar-refractivity contribution in [3.05, 3.63) is 85.3 Å². The van der Waals surface area contributed by atoms with E-state index in [0.29, 0.717) is 42.4 Å². The topological polar surface area (TPSA) is 91.7 Å². The molecule has 2 N–H and O–H groups in total. The Hall–Kier alpha value is -2.00. The van der Waals surface area contributed by atoms with Gasteiger partial charge >= 0.3 is 0 Å². The van der Waals surface area contributed by atoms with Gasteiger partial charge in [-0.15, -0.1) is 0 Å². The molecule has 0 spiro atoms. The van der Waals surface area contributed by atoms with E-state index in [9.17, 15) is 22.9 Å². The number of carbonyl (C=O) groups is 1. The number of hydrogen-bond acceptors (Lipinski definition) is 4.